The minimum Gasteiger partial charge on any atom is -0.489 e. The Morgan fingerprint density at radius 3 is 2.86 bits per heavy atom. The van der Waals surface area contributed by atoms with Crippen molar-refractivity contribution in [2.45, 2.75) is 12.6 Å². The number of nitrogens with zero attached hydrogens (tertiary/aromatic N) is 3. The Bertz CT molecular complexity index is 1020. The lowest BCUT2D eigenvalue weighted by Gasteiger charge is -2.13. The summed E-state index contributed by atoms with van der Waals surface area (Å²) in [5.41, 5.74) is 1.43. The molecule has 1 aromatic heterocycles. The van der Waals surface area contributed by atoms with Gasteiger partial charge in [-0.2, -0.15) is 0 Å². The first-order valence-corrected chi connectivity index (χ1v) is 8.56. The van der Waals surface area contributed by atoms with Gasteiger partial charge in [0.2, 0.25) is 0 Å². The van der Waals surface area contributed by atoms with Crippen LogP contribution >= 0.6 is 0 Å². The first-order chi connectivity index (χ1) is 13.6. The van der Waals surface area contributed by atoms with Crippen LogP contribution < -0.4 is 15.4 Å². The van der Waals surface area contributed by atoms with Gasteiger partial charge in [-0.15, -0.1) is 5.10 Å². The number of amides is 2. The highest BCUT2D eigenvalue weighted by molar-refractivity contribution is 6.01. The SMILES string of the molecule is O=C(N[C@H]1COc2ccccc2NC1=O)c1cn(Cc2ccc(F)cc2)nn1. The topological polar surface area (TPSA) is 98.1 Å². The van der Waals surface area contributed by atoms with Crippen molar-refractivity contribution in [3.05, 3.63) is 71.8 Å². The quantitative estimate of drug-likeness (QED) is 0.715. The van der Waals surface area contributed by atoms with Gasteiger partial charge >= 0.3 is 0 Å². The Morgan fingerprint density at radius 2 is 2.04 bits per heavy atom. The molecule has 9 heteroatoms. The highest BCUT2D eigenvalue weighted by atomic mass is 19.1. The van der Waals surface area contributed by atoms with Crippen molar-refractivity contribution >= 4 is 17.5 Å². The number of rotatable bonds is 4. The van der Waals surface area contributed by atoms with E-state index >= 15 is 0 Å². The number of ether oxygens (including phenoxy) is 1. The van der Waals surface area contributed by atoms with Gasteiger partial charge in [-0.1, -0.05) is 29.5 Å². The lowest BCUT2D eigenvalue weighted by atomic mass is 10.2. The molecule has 4 rings (SSSR count). The van der Waals surface area contributed by atoms with Gasteiger partial charge in [0.05, 0.1) is 18.4 Å². The van der Waals surface area contributed by atoms with Crippen molar-refractivity contribution < 1.29 is 18.7 Å². The highest BCUT2D eigenvalue weighted by Gasteiger charge is 2.27. The van der Waals surface area contributed by atoms with E-state index in [1.54, 1.807) is 36.4 Å². The molecule has 142 valence electrons. The van der Waals surface area contributed by atoms with Crippen molar-refractivity contribution in [2.24, 2.45) is 0 Å². The van der Waals surface area contributed by atoms with Crippen LogP contribution in [0.3, 0.4) is 0 Å². The van der Waals surface area contributed by atoms with Crippen molar-refractivity contribution in [3.8, 4) is 5.75 Å². The zero-order chi connectivity index (χ0) is 19.5. The van der Waals surface area contributed by atoms with Gasteiger partial charge in [-0.25, -0.2) is 9.07 Å². The van der Waals surface area contributed by atoms with E-state index in [2.05, 4.69) is 20.9 Å². The van der Waals surface area contributed by atoms with E-state index in [-0.39, 0.29) is 24.0 Å². The van der Waals surface area contributed by atoms with E-state index in [0.717, 1.165) is 5.56 Å². The molecule has 28 heavy (non-hydrogen) atoms. The van der Waals surface area contributed by atoms with E-state index in [0.29, 0.717) is 18.0 Å². The fourth-order valence-corrected chi connectivity index (χ4v) is 2.76. The number of aromatic nitrogens is 3. The first kappa shape index (κ1) is 17.7. The van der Waals surface area contributed by atoms with Gasteiger partial charge in [-0.3, -0.25) is 9.59 Å². The molecule has 0 spiro atoms. The van der Waals surface area contributed by atoms with Crippen LogP contribution in [0.2, 0.25) is 0 Å². The summed E-state index contributed by atoms with van der Waals surface area (Å²) in [6.07, 6.45) is 1.46. The second kappa shape index (κ2) is 7.47. The molecule has 0 aliphatic carbocycles. The molecule has 0 bridgehead atoms. The number of hydrogen-bond donors (Lipinski definition) is 2. The van der Waals surface area contributed by atoms with Gasteiger partial charge in [0.25, 0.3) is 11.8 Å². The number of hydrogen-bond acceptors (Lipinski definition) is 5. The zero-order valence-electron chi connectivity index (χ0n) is 14.6. The number of para-hydroxylation sites is 2. The van der Waals surface area contributed by atoms with E-state index in [4.69, 9.17) is 4.74 Å². The smallest absolute Gasteiger partial charge is 0.274 e. The summed E-state index contributed by atoms with van der Waals surface area (Å²) < 4.78 is 20.0. The zero-order valence-corrected chi connectivity index (χ0v) is 14.6. The molecule has 2 heterocycles. The largest absolute Gasteiger partial charge is 0.489 e. The highest BCUT2D eigenvalue weighted by Crippen LogP contribution is 2.26. The molecule has 0 fully saturated rings. The second-order valence-electron chi connectivity index (χ2n) is 6.25. The summed E-state index contributed by atoms with van der Waals surface area (Å²) in [5, 5.41) is 13.1. The van der Waals surface area contributed by atoms with Crippen molar-refractivity contribution in [2.75, 3.05) is 11.9 Å². The van der Waals surface area contributed by atoms with Gasteiger partial charge in [0.15, 0.2) is 5.69 Å². The predicted octanol–water partition coefficient (Wildman–Crippen LogP) is 1.59. The van der Waals surface area contributed by atoms with Crippen LogP contribution in [0.1, 0.15) is 16.1 Å². The van der Waals surface area contributed by atoms with Crippen LogP contribution in [0.25, 0.3) is 0 Å². The molecular formula is C19H16FN5O3. The molecule has 0 unspecified atom stereocenters. The molecule has 8 nitrogen and oxygen atoms in total. The minimum absolute atomic E-state index is 0.00168. The van der Waals surface area contributed by atoms with Crippen molar-refractivity contribution in [1.29, 1.82) is 0 Å². The Hall–Kier alpha value is -3.75. The standard InChI is InChI=1S/C19H16FN5O3/c20-13-7-5-12(6-8-13)9-25-10-15(23-24-25)18(26)22-16-11-28-17-4-2-1-3-14(17)21-19(16)27/h1-8,10,16H,9,11H2,(H,21,27)(H,22,26)/t16-/m0/s1. The van der Waals surface area contributed by atoms with Crippen LogP contribution in [0, 0.1) is 5.82 Å². The molecule has 2 amide bonds. The van der Waals surface area contributed by atoms with Crippen LogP contribution in [-0.2, 0) is 11.3 Å². The number of benzene rings is 2. The lowest BCUT2D eigenvalue weighted by molar-refractivity contribution is -0.118. The van der Waals surface area contributed by atoms with E-state index in [9.17, 15) is 14.0 Å². The molecule has 2 aromatic carbocycles. The summed E-state index contributed by atoms with van der Waals surface area (Å²) in [5.74, 6) is -0.705. The van der Waals surface area contributed by atoms with Crippen molar-refractivity contribution in [1.82, 2.24) is 20.3 Å². The second-order valence-corrected chi connectivity index (χ2v) is 6.25. The fourth-order valence-electron chi connectivity index (χ4n) is 2.76. The average Bonchev–Trinajstić information content (AvgIpc) is 3.10. The van der Waals surface area contributed by atoms with E-state index < -0.39 is 11.9 Å². The van der Waals surface area contributed by atoms with E-state index in [1.807, 2.05) is 0 Å². The Labute approximate surface area is 159 Å². The van der Waals surface area contributed by atoms with Gasteiger partial charge < -0.3 is 15.4 Å². The normalized spacial score (nSPS) is 15.8. The molecule has 0 saturated carbocycles. The Morgan fingerprint density at radius 1 is 1.25 bits per heavy atom. The number of carbonyl (C=O) groups is 2. The Kier molecular flexibility index (Phi) is 4.71. The van der Waals surface area contributed by atoms with Gasteiger partial charge in [0, 0.05) is 0 Å². The number of halogens is 1. The molecule has 3 aromatic rings. The molecule has 0 radical (unpaired) electrons. The monoisotopic (exact) mass is 381 g/mol. The number of nitrogens with one attached hydrogen (secondary N) is 2. The average molecular weight is 381 g/mol. The minimum atomic E-state index is -0.873. The predicted molar refractivity (Wildman–Crippen MR) is 97.3 cm³/mol. The van der Waals surface area contributed by atoms with Crippen LogP contribution in [0.4, 0.5) is 10.1 Å². The van der Waals surface area contributed by atoms with Crippen LogP contribution in [0.5, 0.6) is 5.75 Å². The summed E-state index contributed by atoms with van der Waals surface area (Å²) >= 11 is 0. The summed E-state index contributed by atoms with van der Waals surface area (Å²) in [6, 6.07) is 12.1. The summed E-state index contributed by atoms with van der Waals surface area (Å²) in [7, 11) is 0. The third kappa shape index (κ3) is 3.83. The maximum Gasteiger partial charge on any atom is 0.274 e. The lowest BCUT2D eigenvalue weighted by Crippen LogP contribution is -2.46. The number of fused-ring (bicyclic) bond motifs is 1. The fraction of sp³-hybridized carbons (Fsp3) is 0.158. The summed E-state index contributed by atoms with van der Waals surface area (Å²) in [6.45, 7) is 0.335. The van der Waals surface area contributed by atoms with Gasteiger partial charge in [0.1, 0.15) is 24.2 Å². The molecule has 1 atom stereocenters. The van der Waals surface area contributed by atoms with Crippen molar-refractivity contribution in [3.63, 3.8) is 0 Å². The number of carbonyl (C=O) groups excluding carboxylic acids is 2. The summed E-state index contributed by atoms with van der Waals surface area (Å²) in [4.78, 5) is 24.8. The van der Waals surface area contributed by atoms with E-state index in [1.165, 1.54) is 23.0 Å². The molecule has 2 N–H and O–H groups in total. The maximum absolute atomic E-state index is 13.0. The molecule has 1 aliphatic rings. The number of anilines is 1. The van der Waals surface area contributed by atoms with Gasteiger partial charge in [-0.05, 0) is 29.8 Å². The maximum atomic E-state index is 13.0. The third-order valence-electron chi connectivity index (χ3n) is 4.20. The molecule has 0 saturated heterocycles. The first-order valence-electron chi connectivity index (χ1n) is 8.56. The third-order valence-corrected chi connectivity index (χ3v) is 4.20. The van der Waals surface area contributed by atoms with Crippen LogP contribution in [-0.4, -0.2) is 39.5 Å². The molecule has 1 aliphatic heterocycles. The van der Waals surface area contributed by atoms with Crippen LogP contribution in [0.15, 0.2) is 54.7 Å². The molecular weight excluding hydrogens is 365 g/mol. The Balaban J connectivity index is 1.41.